The van der Waals surface area contributed by atoms with Crippen LogP contribution in [0.3, 0.4) is 0 Å². The molecule has 0 aromatic heterocycles. The van der Waals surface area contributed by atoms with Gasteiger partial charge < -0.3 is 14.2 Å². The van der Waals surface area contributed by atoms with Gasteiger partial charge in [-0.25, -0.2) is 0 Å². The molecule has 107 valence electrons. The minimum atomic E-state index is 0. The Morgan fingerprint density at radius 2 is 1.70 bits per heavy atom. The largest absolute Gasteiger partial charge is 0.496 e. The maximum atomic E-state index is 12.4. The Morgan fingerprint density at radius 3 is 2.15 bits per heavy atom. The molecule has 6 heteroatoms. The predicted octanol–water partition coefficient (Wildman–Crippen LogP) is 2.95. The smallest absolute Gasteiger partial charge is 0.188 e. The maximum Gasteiger partial charge on any atom is 0.188 e. The van der Waals surface area contributed by atoms with Crippen LogP contribution in [0.1, 0.15) is 30.6 Å². The summed E-state index contributed by atoms with van der Waals surface area (Å²) in [6, 6.07) is 3.47. The van der Waals surface area contributed by atoms with Crippen molar-refractivity contribution in [1.82, 2.24) is 0 Å². The Kier molecular flexibility index (Phi) is 8.97. The van der Waals surface area contributed by atoms with E-state index in [1.54, 1.807) is 26.4 Å². The fourth-order valence-corrected chi connectivity index (χ4v) is 2.72. The summed E-state index contributed by atoms with van der Waals surface area (Å²) in [5.74, 6) is 1.52. The van der Waals surface area contributed by atoms with Crippen LogP contribution in [0.15, 0.2) is 12.1 Å². The van der Waals surface area contributed by atoms with Crippen molar-refractivity contribution in [2.75, 3.05) is 21.3 Å². The fourth-order valence-electron chi connectivity index (χ4n) is 1.69. The third-order valence-electron chi connectivity index (χ3n) is 2.94. The van der Waals surface area contributed by atoms with Crippen LogP contribution in [0.25, 0.3) is 0 Å². The number of carbonyl (C=O) groups is 1. The molecule has 1 aromatic carbocycles. The standard InChI is InChI=1S/C14H21O4P.Li/c1-6-9(2)19-14(15)12-10(16-3)7-8-11(17-4)13(12)18-5;/h7-9,19H,6H2,1-5H3;. The van der Waals surface area contributed by atoms with Crippen LogP contribution < -0.4 is 14.2 Å². The summed E-state index contributed by atoms with van der Waals surface area (Å²) in [4.78, 5) is 12.4. The maximum absolute atomic E-state index is 12.4. The quantitative estimate of drug-likeness (QED) is 0.572. The molecule has 4 nitrogen and oxygen atoms in total. The second-order valence-electron chi connectivity index (χ2n) is 4.16. The van der Waals surface area contributed by atoms with Gasteiger partial charge in [-0.2, -0.15) is 0 Å². The van der Waals surface area contributed by atoms with Crippen molar-refractivity contribution >= 4 is 33.0 Å². The first-order chi connectivity index (χ1) is 9.08. The van der Waals surface area contributed by atoms with Crippen LogP contribution in [0.5, 0.6) is 17.2 Å². The van der Waals surface area contributed by atoms with E-state index in [1.807, 2.05) is 0 Å². The van der Waals surface area contributed by atoms with Crippen LogP contribution in [0.2, 0.25) is 0 Å². The van der Waals surface area contributed by atoms with Crippen molar-refractivity contribution in [2.45, 2.75) is 25.9 Å². The molecule has 0 bridgehead atoms. The normalized spacial score (nSPS) is 11.8. The van der Waals surface area contributed by atoms with E-state index in [-0.39, 0.29) is 33.0 Å². The molecule has 0 aliphatic rings. The molecular weight excluding hydrogens is 270 g/mol. The van der Waals surface area contributed by atoms with Crippen molar-refractivity contribution in [3.8, 4) is 17.2 Å². The zero-order valence-electron chi connectivity index (χ0n) is 13.1. The van der Waals surface area contributed by atoms with Crippen molar-refractivity contribution in [1.29, 1.82) is 0 Å². The molecule has 0 N–H and O–H groups in total. The van der Waals surface area contributed by atoms with Gasteiger partial charge in [0.05, 0.1) is 21.3 Å². The monoisotopic (exact) mass is 291 g/mol. The number of hydrogen-bond acceptors (Lipinski definition) is 4. The molecule has 0 fully saturated rings. The van der Waals surface area contributed by atoms with Crippen LogP contribution in [0, 0.1) is 0 Å². The molecule has 0 aliphatic heterocycles. The van der Waals surface area contributed by atoms with Crippen molar-refractivity contribution in [2.24, 2.45) is 0 Å². The Bertz CT molecular complexity index is 451. The molecule has 0 saturated heterocycles. The molecule has 1 radical (unpaired) electrons. The topological polar surface area (TPSA) is 44.8 Å². The average Bonchev–Trinajstić information content (AvgIpc) is 2.44. The fraction of sp³-hybridized carbons (Fsp3) is 0.500. The molecule has 1 rings (SSSR count). The van der Waals surface area contributed by atoms with Gasteiger partial charge in [0.25, 0.3) is 0 Å². The van der Waals surface area contributed by atoms with Gasteiger partial charge in [-0.3, -0.25) is 4.79 Å². The average molecular weight is 291 g/mol. The Balaban J connectivity index is 0.00000361. The minimum absolute atomic E-state index is 0. The summed E-state index contributed by atoms with van der Waals surface area (Å²) < 4.78 is 15.8. The summed E-state index contributed by atoms with van der Waals surface area (Å²) in [5.41, 5.74) is 0.873. The van der Waals surface area contributed by atoms with Crippen LogP contribution >= 0.6 is 8.58 Å². The van der Waals surface area contributed by atoms with E-state index in [0.29, 0.717) is 28.5 Å². The number of rotatable bonds is 7. The molecule has 20 heavy (non-hydrogen) atoms. The molecular formula is C14H21LiO4P. The molecule has 0 amide bonds. The molecule has 0 heterocycles. The van der Waals surface area contributed by atoms with E-state index in [2.05, 4.69) is 13.8 Å². The van der Waals surface area contributed by atoms with Crippen molar-refractivity contribution in [3.63, 3.8) is 0 Å². The summed E-state index contributed by atoms with van der Waals surface area (Å²) >= 11 is 0. The first-order valence-corrected chi connectivity index (χ1v) is 7.26. The molecule has 0 saturated carbocycles. The van der Waals surface area contributed by atoms with Crippen LogP contribution in [-0.2, 0) is 0 Å². The SMILES string of the molecule is CCC(C)PC(=O)c1c(OC)ccc(OC)c1OC.[Li]. The summed E-state index contributed by atoms with van der Waals surface area (Å²) in [7, 11) is 4.82. The number of methoxy groups -OCH3 is 3. The van der Waals surface area contributed by atoms with Gasteiger partial charge in [0, 0.05) is 18.9 Å². The Morgan fingerprint density at radius 1 is 1.15 bits per heavy atom. The first kappa shape index (κ1) is 19.3. The second-order valence-corrected chi connectivity index (χ2v) is 5.89. The number of carbonyl (C=O) groups excluding carboxylic acids is 1. The van der Waals surface area contributed by atoms with E-state index < -0.39 is 0 Å². The zero-order valence-corrected chi connectivity index (χ0v) is 14.1. The molecule has 2 unspecified atom stereocenters. The second kappa shape index (κ2) is 9.29. The third kappa shape index (κ3) is 4.41. The predicted molar refractivity (Wildman–Crippen MR) is 84.3 cm³/mol. The number of benzene rings is 1. The molecule has 0 spiro atoms. The summed E-state index contributed by atoms with van der Waals surface area (Å²) in [5, 5.41) is 0. The zero-order chi connectivity index (χ0) is 14.4. The van der Waals surface area contributed by atoms with E-state index >= 15 is 0 Å². The third-order valence-corrected chi connectivity index (χ3v) is 4.36. The van der Waals surface area contributed by atoms with Gasteiger partial charge in [-0.15, -0.1) is 0 Å². The molecule has 0 aliphatic carbocycles. The van der Waals surface area contributed by atoms with E-state index in [0.717, 1.165) is 6.42 Å². The van der Waals surface area contributed by atoms with Gasteiger partial charge in [0.2, 0.25) is 0 Å². The van der Waals surface area contributed by atoms with E-state index in [9.17, 15) is 4.79 Å². The minimum Gasteiger partial charge on any atom is -0.496 e. The van der Waals surface area contributed by atoms with Gasteiger partial charge in [0.15, 0.2) is 17.0 Å². The van der Waals surface area contributed by atoms with E-state index in [4.69, 9.17) is 14.2 Å². The van der Waals surface area contributed by atoms with Crippen LogP contribution in [-0.4, -0.2) is 51.4 Å². The van der Waals surface area contributed by atoms with E-state index in [1.165, 1.54) is 7.11 Å². The van der Waals surface area contributed by atoms with Gasteiger partial charge in [-0.1, -0.05) is 13.8 Å². The van der Waals surface area contributed by atoms with Gasteiger partial charge in [-0.05, 0) is 32.8 Å². The Hall–Kier alpha value is -0.683. The molecule has 1 aromatic rings. The van der Waals surface area contributed by atoms with Crippen molar-refractivity contribution < 1.29 is 19.0 Å². The first-order valence-electron chi connectivity index (χ1n) is 6.18. The number of ether oxygens (including phenoxy) is 3. The van der Waals surface area contributed by atoms with Crippen LogP contribution in [0.4, 0.5) is 0 Å². The van der Waals surface area contributed by atoms with Gasteiger partial charge >= 0.3 is 0 Å². The number of hydrogen-bond donors (Lipinski definition) is 0. The summed E-state index contributed by atoms with van der Waals surface area (Å²) in [6.45, 7) is 4.14. The Labute approximate surface area is 134 Å². The summed E-state index contributed by atoms with van der Waals surface area (Å²) in [6.07, 6.45) is 0.971. The van der Waals surface area contributed by atoms with Gasteiger partial charge in [0.1, 0.15) is 11.3 Å². The van der Waals surface area contributed by atoms with Crippen molar-refractivity contribution in [3.05, 3.63) is 17.7 Å². The molecule has 2 atom stereocenters.